The van der Waals surface area contributed by atoms with Crippen LogP contribution in [0.2, 0.25) is 0 Å². The Morgan fingerprint density at radius 3 is 2.52 bits per heavy atom. The second kappa shape index (κ2) is 6.30. The quantitative estimate of drug-likeness (QED) is 0.659. The van der Waals surface area contributed by atoms with Gasteiger partial charge in [-0.3, -0.25) is 0 Å². The number of aromatic nitrogens is 2. The van der Waals surface area contributed by atoms with E-state index in [2.05, 4.69) is 76.3 Å². The van der Waals surface area contributed by atoms with Crippen molar-refractivity contribution in [2.75, 3.05) is 5.32 Å². The summed E-state index contributed by atoms with van der Waals surface area (Å²) in [5.41, 5.74) is 3.40. The summed E-state index contributed by atoms with van der Waals surface area (Å²) >= 11 is 2.32. The molecule has 0 aliphatic carbocycles. The van der Waals surface area contributed by atoms with Gasteiger partial charge >= 0.3 is 0 Å². The van der Waals surface area contributed by atoms with Crippen molar-refractivity contribution in [2.45, 2.75) is 13.0 Å². The normalized spacial score (nSPS) is 12.1. The molecule has 0 saturated heterocycles. The summed E-state index contributed by atoms with van der Waals surface area (Å²) in [6, 6.07) is 19.0. The van der Waals surface area contributed by atoms with Gasteiger partial charge in [0.25, 0.3) is 0 Å². The second-order valence-corrected chi connectivity index (χ2v) is 6.13. The fourth-order valence-electron chi connectivity index (χ4n) is 2.27. The zero-order valence-electron chi connectivity index (χ0n) is 11.7. The SMILES string of the molecule is CC(Nc1ccccc1-n1cccn1)c1ccc(I)cc1. The van der Waals surface area contributed by atoms with Crippen molar-refractivity contribution < 1.29 is 0 Å². The predicted molar refractivity (Wildman–Crippen MR) is 94.8 cm³/mol. The smallest absolute Gasteiger partial charge is 0.0876 e. The molecule has 0 amide bonds. The molecule has 3 rings (SSSR count). The number of hydrogen-bond acceptors (Lipinski definition) is 2. The van der Waals surface area contributed by atoms with Crippen molar-refractivity contribution in [3.8, 4) is 5.69 Å². The zero-order valence-corrected chi connectivity index (χ0v) is 13.9. The van der Waals surface area contributed by atoms with E-state index >= 15 is 0 Å². The van der Waals surface area contributed by atoms with E-state index in [4.69, 9.17) is 0 Å². The van der Waals surface area contributed by atoms with Crippen LogP contribution in [0, 0.1) is 3.57 Å². The fourth-order valence-corrected chi connectivity index (χ4v) is 2.63. The van der Waals surface area contributed by atoms with E-state index < -0.39 is 0 Å². The lowest BCUT2D eigenvalue weighted by molar-refractivity contribution is 0.853. The molecule has 1 heterocycles. The van der Waals surface area contributed by atoms with Gasteiger partial charge in [-0.05, 0) is 65.4 Å². The van der Waals surface area contributed by atoms with Gasteiger partial charge in [0.2, 0.25) is 0 Å². The lowest BCUT2D eigenvalue weighted by atomic mass is 10.1. The molecule has 1 atom stereocenters. The third kappa shape index (κ3) is 3.26. The number of halogens is 1. The van der Waals surface area contributed by atoms with E-state index in [-0.39, 0.29) is 6.04 Å². The molecule has 0 bridgehead atoms. The molecular weight excluding hydrogens is 373 g/mol. The van der Waals surface area contributed by atoms with Crippen LogP contribution in [-0.2, 0) is 0 Å². The first-order valence-corrected chi connectivity index (χ1v) is 7.93. The maximum Gasteiger partial charge on any atom is 0.0876 e. The van der Waals surface area contributed by atoms with E-state index in [9.17, 15) is 0 Å². The van der Waals surface area contributed by atoms with Crippen molar-refractivity contribution in [2.24, 2.45) is 0 Å². The van der Waals surface area contributed by atoms with E-state index in [1.165, 1.54) is 9.13 Å². The molecule has 106 valence electrons. The summed E-state index contributed by atoms with van der Waals surface area (Å²) in [5, 5.41) is 7.89. The highest BCUT2D eigenvalue weighted by Crippen LogP contribution is 2.25. The summed E-state index contributed by atoms with van der Waals surface area (Å²) in [7, 11) is 0. The van der Waals surface area contributed by atoms with Crippen LogP contribution in [0.4, 0.5) is 5.69 Å². The van der Waals surface area contributed by atoms with Crippen molar-refractivity contribution in [3.05, 3.63) is 76.1 Å². The minimum Gasteiger partial charge on any atom is -0.377 e. The third-order valence-electron chi connectivity index (χ3n) is 3.40. The van der Waals surface area contributed by atoms with Gasteiger partial charge in [0.1, 0.15) is 0 Å². The molecule has 4 heteroatoms. The van der Waals surface area contributed by atoms with Gasteiger partial charge in [-0.2, -0.15) is 5.10 Å². The molecule has 0 spiro atoms. The third-order valence-corrected chi connectivity index (χ3v) is 4.12. The van der Waals surface area contributed by atoms with E-state index in [1.54, 1.807) is 6.20 Å². The molecule has 1 unspecified atom stereocenters. The highest BCUT2D eigenvalue weighted by atomic mass is 127. The number of nitrogens with zero attached hydrogens (tertiary/aromatic N) is 2. The molecule has 3 aromatic rings. The molecular formula is C17H16IN3. The highest BCUT2D eigenvalue weighted by Gasteiger charge is 2.09. The van der Waals surface area contributed by atoms with Crippen LogP contribution in [0.5, 0.6) is 0 Å². The van der Waals surface area contributed by atoms with Crippen molar-refractivity contribution in [1.82, 2.24) is 9.78 Å². The van der Waals surface area contributed by atoms with E-state index in [0.29, 0.717) is 0 Å². The first kappa shape index (κ1) is 14.1. The molecule has 3 nitrogen and oxygen atoms in total. The van der Waals surface area contributed by atoms with Gasteiger partial charge in [0.15, 0.2) is 0 Å². The Morgan fingerprint density at radius 2 is 1.81 bits per heavy atom. The summed E-state index contributed by atoms with van der Waals surface area (Å²) in [5.74, 6) is 0. The Hall–Kier alpha value is -1.82. The monoisotopic (exact) mass is 389 g/mol. The largest absolute Gasteiger partial charge is 0.377 e. The lowest BCUT2D eigenvalue weighted by Gasteiger charge is -2.18. The van der Waals surface area contributed by atoms with Gasteiger partial charge in [0.05, 0.1) is 11.4 Å². The average molecular weight is 389 g/mol. The Balaban J connectivity index is 1.86. The Morgan fingerprint density at radius 1 is 1.05 bits per heavy atom. The van der Waals surface area contributed by atoms with Gasteiger partial charge in [-0.25, -0.2) is 4.68 Å². The number of hydrogen-bond donors (Lipinski definition) is 1. The van der Waals surface area contributed by atoms with Crippen LogP contribution in [-0.4, -0.2) is 9.78 Å². The minimum atomic E-state index is 0.235. The zero-order chi connectivity index (χ0) is 14.7. The van der Waals surface area contributed by atoms with Crippen molar-refractivity contribution in [1.29, 1.82) is 0 Å². The van der Waals surface area contributed by atoms with Crippen LogP contribution in [0.3, 0.4) is 0 Å². The van der Waals surface area contributed by atoms with Crippen LogP contribution in [0.15, 0.2) is 67.0 Å². The van der Waals surface area contributed by atoms with Gasteiger partial charge in [-0.15, -0.1) is 0 Å². The Bertz CT molecular complexity index is 705. The molecule has 0 aliphatic heterocycles. The summed E-state index contributed by atoms with van der Waals surface area (Å²) < 4.78 is 3.13. The maximum absolute atomic E-state index is 4.31. The maximum atomic E-state index is 4.31. The first-order valence-electron chi connectivity index (χ1n) is 6.85. The van der Waals surface area contributed by atoms with Crippen LogP contribution in [0.1, 0.15) is 18.5 Å². The summed E-state index contributed by atoms with van der Waals surface area (Å²) in [6.45, 7) is 2.17. The topological polar surface area (TPSA) is 29.9 Å². The van der Waals surface area contributed by atoms with E-state index in [0.717, 1.165) is 11.4 Å². The van der Waals surface area contributed by atoms with Crippen LogP contribution >= 0.6 is 22.6 Å². The molecule has 0 radical (unpaired) electrons. The van der Waals surface area contributed by atoms with Gasteiger partial charge in [0, 0.05) is 22.0 Å². The standard InChI is InChI=1S/C17H16IN3/c1-13(14-7-9-15(18)10-8-14)20-16-5-2-3-6-17(16)21-12-4-11-19-21/h2-13,20H,1H3. The van der Waals surface area contributed by atoms with Gasteiger partial charge < -0.3 is 5.32 Å². The van der Waals surface area contributed by atoms with Crippen LogP contribution in [0.25, 0.3) is 5.69 Å². The number of para-hydroxylation sites is 2. The number of benzene rings is 2. The summed E-state index contributed by atoms with van der Waals surface area (Å²) in [4.78, 5) is 0. The molecule has 0 saturated carbocycles. The minimum absolute atomic E-state index is 0.235. The first-order chi connectivity index (χ1) is 10.2. The molecule has 0 fully saturated rings. The van der Waals surface area contributed by atoms with E-state index in [1.807, 2.05) is 29.1 Å². The van der Waals surface area contributed by atoms with Gasteiger partial charge in [-0.1, -0.05) is 24.3 Å². The number of rotatable bonds is 4. The fraction of sp³-hybridized carbons (Fsp3) is 0.118. The average Bonchev–Trinajstić information content (AvgIpc) is 3.02. The molecule has 21 heavy (non-hydrogen) atoms. The molecule has 0 aliphatic rings. The molecule has 1 N–H and O–H groups in total. The number of nitrogens with one attached hydrogen (secondary N) is 1. The van der Waals surface area contributed by atoms with Crippen molar-refractivity contribution >= 4 is 28.3 Å². The summed E-state index contributed by atoms with van der Waals surface area (Å²) in [6.07, 6.45) is 3.75. The molecule has 2 aromatic carbocycles. The predicted octanol–water partition coefficient (Wildman–Crippen LogP) is 4.65. The lowest BCUT2D eigenvalue weighted by Crippen LogP contribution is -2.09. The Labute approximate surface area is 138 Å². The highest BCUT2D eigenvalue weighted by molar-refractivity contribution is 14.1. The Kier molecular flexibility index (Phi) is 4.24. The van der Waals surface area contributed by atoms with Crippen molar-refractivity contribution in [3.63, 3.8) is 0 Å². The molecule has 1 aromatic heterocycles. The van der Waals surface area contributed by atoms with Crippen LogP contribution < -0.4 is 5.32 Å². The number of anilines is 1. The second-order valence-electron chi connectivity index (χ2n) is 4.89.